The molecule has 0 aliphatic carbocycles. The maximum absolute atomic E-state index is 9.46. The smallest absolute Gasteiger partial charge is 0.550 e. The SMILES string of the molecule is CC(=O)[O-].CC(=O)[O-].CC(N)C(=O)[O-].[Li+].[Li+].[Li+]. The third-order valence-electron chi connectivity index (χ3n) is 0.372. The van der Waals surface area contributed by atoms with Gasteiger partial charge in [0, 0.05) is 18.0 Å². The van der Waals surface area contributed by atoms with Crippen molar-refractivity contribution < 1.29 is 86.3 Å². The Morgan fingerprint density at radius 1 is 0.882 bits per heavy atom. The van der Waals surface area contributed by atoms with Crippen molar-refractivity contribution in [2.45, 2.75) is 26.8 Å². The molecule has 1 unspecified atom stereocenters. The van der Waals surface area contributed by atoms with E-state index in [4.69, 9.17) is 25.5 Å². The van der Waals surface area contributed by atoms with Crippen LogP contribution in [0, 0.1) is 0 Å². The summed E-state index contributed by atoms with van der Waals surface area (Å²) in [4.78, 5) is 27.2. The molecule has 0 saturated carbocycles. The van der Waals surface area contributed by atoms with Crippen LogP contribution in [0.25, 0.3) is 0 Å². The van der Waals surface area contributed by atoms with Gasteiger partial charge in [0.1, 0.15) is 0 Å². The Labute approximate surface area is 136 Å². The van der Waals surface area contributed by atoms with Crippen molar-refractivity contribution in [2.75, 3.05) is 0 Å². The normalized spacial score (nSPS) is 7.76. The summed E-state index contributed by atoms with van der Waals surface area (Å²) >= 11 is 0. The van der Waals surface area contributed by atoms with E-state index < -0.39 is 23.9 Å². The van der Waals surface area contributed by atoms with Crippen molar-refractivity contribution in [1.82, 2.24) is 0 Å². The first-order valence-electron chi connectivity index (χ1n) is 3.42. The van der Waals surface area contributed by atoms with Gasteiger partial charge in [-0.05, 0) is 20.8 Å². The number of carboxylic acids is 3. The molecule has 0 aromatic carbocycles. The molecule has 84 valence electrons. The van der Waals surface area contributed by atoms with Crippen molar-refractivity contribution in [2.24, 2.45) is 5.73 Å². The third kappa shape index (κ3) is 187. The van der Waals surface area contributed by atoms with Crippen LogP contribution in [0.2, 0.25) is 0 Å². The number of hydrogen-bond donors (Lipinski definition) is 1. The molecule has 0 amide bonds. The van der Waals surface area contributed by atoms with Crippen molar-refractivity contribution in [3.8, 4) is 0 Å². The van der Waals surface area contributed by atoms with Gasteiger partial charge < -0.3 is 35.4 Å². The number of aliphatic carboxylic acids is 3. The average Bonchev–Trinajstić information content (AvgIpc) is 1.83. The molecule has 0 aliphatic heterocycles. The molecule has 17 heavy (non-hydrogen) atoms. The molecule has 0 saturated heterocycles. The quantitative estimate of drug-likeness (QED) is 0.437. The summed E-state index contributed by atoms with van der Waals surface area (Å²) in [5.74, 6) is -3.38. The summed E-state index contributed by atoms with van der Waals surface area (Å²) in [6.45, 7) is 3.30. The van der Waals surface area contributed by atoms with Gasteiger partial charge in [-0.25, -0.2) is 0 Å². The molecule has 0 aromatic heterocycles. The van der Waals surface area contributed by atoms with Crippen LogP contribution in [0.4, 0.5) is 0 Å². The second-order valence-electron chi connectivity index (χ2n) is 2.09. The molecule has 0 fully saturated rings. The maximum atomic E-state index is 9.46. The summed E-state index contributed by atoms with van der Waals surface area (Å²) in [5.41, 5.74) is 4.77. The number of carbonyl (C=O) groups excluding carboxylic acids is 3. The Morgan fingerprint density at radius 2 is 0.941 bits per heavy atom. The first-order chi connectivity index (χ1) is 6.11. The van der Waals surface area contributed by atoms with Crippen molar-refractivity contribution in [3.05, 3.63) is 0 Å². The molecular formula is C7H12Li3NO6. The summed E-state index contributed by atoms with van der Waals surface area (Å²) in [7, 11) is 0. The molecule has 2 N–H and O–H groups in total. The number of carbonyl (C=O) groups is 3. The Bertz CT molecular complexity index is 180. The number of nitrogens with two attached hydrogens (primary N) is 1. The number of carboxylic acid groups (broad SMARTS) is 3. The van der Waals surface area contributed by atoms with E-state index >= 15 is 0 Å². The van der Waals surface area contributed by atoms with Gasteiger partial charge in [0.25, 0.3) is 0 Å². The van der Waals surface area contributed by atoms with Crippen LogP contribution in [0.15, 0.2) is 0 Å². The molecular weight excluding hydrogens is 215 g/mol. The van der Waals surface area contributed by atoms with Crippen LogP contribution in [0.3, 0.4) is 0 Å². The topological polar surface area (TPSA) is 146 Å². The van der Waals surface area contributed by atoms with Crippen LogP contribution >= 0.6 is 0 Å². The van der Waals surface area contributed by atoms with Gasteiger partial charge in [-0.15, -0.1) is 0 Å². The van der Waals surface area contributed by atoms with Crippen molar-refractivity contribution in [3.63, 3.8) is 0 Å². The van der Waals surface area contributed by atoms with Gasteiger partial charge in [0.05, 0.1) is 5.97 Å². The standard InChI is InChI=1S/C3H7NO2.2C2H4O2.3Li/c1-2(4)3(5)6;2*1-2(3)4;;;/h2H,4H2,1H3,(H,5,6);2*1H3,(H,3,4);;;/q;;;3*+1/p-3. The second kappa shape index (κ2) is 25.1. The molecule has 1 atom stereocenters. The van der Waals surface area contributed by atoms with Gasteiger partial charge in [0.15, 0.2) is 0 Å². The monoisotopic (exact) mass is 227 g/mol. The molecule has 0 radical (unpaired) electrons. The minimum absolute atomic E-state index is 0. The fourth-order valence-corrected chi connectivity index (χ4v) is 0. The van der Waals surface area contributed by atoms with Gasteiger partial charge in [-0.2, -0.15) is 0 Å². The Morgan fingerprint density at radius 3 is 0.941 bits per heavy atom. The first kappa shape index (κ1) is 36.0. The van der Waals surface area contributed by atoms with Crippen molar-refractivity contribution >= 4 is 17.9 Å². The van der Waals surface area contributed by atoms with Crippen LogP contribution in [0.5, 0.6) is 0 Å². The summed E-state index contributed by atoms with van der Waals surface area (Å²) in [6.07, 6.45) is 0. The molecule has 0 spiro atoms. The minimum atomic E-state index is -1.21. The van der Waals surface area contributed by atoms with Crippen LogP contribution in [-0.2, 0) is 14.4 Å². The van der Waals surface area contributed by atoms with Gasteiger partial charge in [-0.1, -0.05) is 0 Å². The van der Waals surface area contributed by atoms with E-state index in [1.165, 1.54) is 6.92 Å². The summed E-state index contributed by atoms with van der Waals surface area (Å²) in [5, 5.41) is 27.2. The van der Waals surface area contributed by atoms with Crippen LogP contribution in [0.1, 0.15) is 20.8 Å². The van der Waals surface area contributed by atoms with Crippen molar-refractivity contribution in [1.29, 1.82) is 0 Å². The maximum Gasteiger partial charge on any atom is 1.00 e. The minimum Gasteiger partial charge on any atom is -0.550 e. The van der Waals surface area contributed by atoms with Crippen LogP contribution in [-0.4, -0.2) is 23.9 Å². The predicted molar refractivity (Wildman–Crippen MR) is 40.0 cm³/mol. The molecule has 0 aliphatic rings. The second-order valence-corrected chi connectivity index (χ2v) is 2.09. The zero-order valence-corrected chi connectivity index (χ0v) is 11.1. The van der Waals surface area contributed by atoms with Gasteiger partial charge >= 0.3 is 56.6 Å². The van der Waals surface area contributed by atoms with Crippen LogP contribution < -0.4 is 77.6 Å². The van der Waals surface area contributed by atoms with E-state index in [0.717, 1.165) is 13.8 Å². The molecule has 10 heteroatoms. The summed E-state index contributed by atoms with van der Waals surface area (Å²) in [6, 6.07) is -0.843. The predicted octanol–water partition coefficient (Wildman–Crippen LogP) is -13.4. The van der Waals surface area contributed by atoms with E-state index in [2.05, 4.69) is 0 Å². The van der Waals surface area contributed by atoms with E-state index in [-0.39, 0.29) is 56.6 Å². The molecule has 7 nitrogen and oxygen atoms in total. The average molecular weight is 227 g/mol. The Kier molecular flexibility index (Phi) is 53.2. The molecule has 0 rings (SSSR count). The largest absolute Gasteiger partial charge is 1.00 e. The van der Waals surface area contributed by atoms with E-state index in [1.807, 2.05) is 0 Å². The fourth-order valence-electron chi connectivity index (χ4n) is 0. The van der Waals surface area contributed by atoms with Gasteiger partial charge in [-0.3, -0.25) is 0 Å². The Hall–Kier alpha value is 0.162. The molecule has 0 aromatic rings. The van der Waals surface area contributed by atoms with Gasteiger partial charge in [0.2, 0.25) is 0 Å². The van der Waals surface area contributed by atoms with E-state index in [9.17, 15) is 9.90 Å². The Balaban J connectivity index is -0.0000000252. The van der Waals surface area contributed by atoms with E-state index in [1.54, 1.807) is 0 Å². The summed E-state index contributed by atoms with van der Waals surface area (Å²) < 4.78 is 0. The number of rotatable bonds is 1. The fraction of sp³-hybridized carbons (Fsp3) is 0.571. The molecule has 0 bridgehead atoms. The number of hydrogen-bond acceptors (Lipinski definition) is 7. The first-order valence-corrected chi connectivity index (χ1v) is 3.42. The molecule has 0 heterocycles. The third-order valence-corrected chi connectivity index (χ3v) is 0.372. The zero-order chi connectivity index (χ0) is 12.3. The van der Waals surface area contributed by atoms with E-state index in [0.29, 0.717) is 0 Å². The zero-order valence-electron chi connectivity index (χ0n) is 11.1.